The predicted molar refractivity (Wildman–Crippen MR) is 51.8 cm³/mol. The summed E-state index contributed by atoms with van der Waals surface area (Å²) in [5.74, 6) is -0.794. The summed E-state index contributed by atoms with van der Waals surface area (Å²) in [6.07, 6.45) is 3.24. The van der Waals surface area contributed by atoms with Crippen LogP contribution >= 0.6 is 0 Å². The molecule has 4 heteroatoms. The number of carboxylic acid groups (broad SMARTS) is 1. The Bertz CT molecular complexity index is 290. The first-order chi connectivity index (χ1) is 6.52. The minimum Gasteiger partial charge on any atom is -0.481 e. The van der Waals surface area contributed by atoms with Crippen LogP contribution in [-0.2, 0) is 11.3 Å². The van der Waals surface area contributed by atoms with Gasteiger partial charge >= 0.3 is 5.97 Å². The molecule has 0 bridgehead atoms. The second-order valence-electron chi connectivity index (χ2n) is 3.92. The molecule has 1 heterocycles. The van der Waals surface area contributed by atoms with Crippen molar-refractivity contribution in [2.45, 2.75) is 20.4 Å². The summed E-state index contributed by atoms with van der Waals surface area (Å²) in [6.45, 7) is 4.45. The van der Waals surface area contributed by atoms with Crippen LogP contribution in [0.5, 0.6) is 0 Å². The van der Waals surface area contributed by atoms with Crippen LogP contribution in [0.2, 0.25) is 0 Å². The van der Waals surface area contributed by atoms with Crippen LogP contribution in [-0.4, -0.2) is 17.6 Å². The van der Waals surface area contributed by atoms with Gasteiger partial charge in [0.15, 0.2) is 0 Å². The third-order valence-electron chi connectivity index (χ3n) is 2.06. The summed E-state index contributed by atoms with van der Waals surface area (Å²) in [6, 6.07) is 1.85. The molecule has 0 saturated carbocycles. The van der Waals surface area contributed by atoms with E-state index in [1.54, 1.807) is 26.4 Å². The molecule has 78 valence electrons. The van der Waals surface area contributed by atoms with Crippen molar-refractivity contribution in [1.82, 2.24) is 5.32 Å². The van der Waals surface area contributed by atoms with Gasteiger partial charge in [-0.25, -0.2) is 0 Å². The lowest BCUT2D eigenvalue weighted by molar-refractivity contribution is -0.146. The molecule has 0 aliphatic carbocycles. The summed E-state index contributed by atoms with van der Waals surface area (Å²) < 4.78 is 4.89. The van der Waals surface area contributed by atoms with Crippen molar-refractivity contribution >= 4 is 5.97 Å². The van der Waals surface area contributed by atoms with Gasteiger partial charge in [0, 0.05) is 18.7 Å². The molecule has 14 heavy (non-hydrogen) atoms. The monoisotopic (exact) mass is 197 g/mol. The van der Waals surface area contributed by atoms with Gasteiger partial charge in [0.25, 0.3) is 0 Å². The van der Waals surface area contributed by atoms with E-state index in [0.717, 1.165) is 5.56 Å². The Labute approximate surface area is 82.9 Å². The molecule has 0 aromatic carbocycles. The lowest BCUT2D eigenvalue weighted by atomic mass is 9.94. The van der Waals surface area contributed by atoms with Gasteiger partial charge < -0.3 is 14.8 Å². The summed E-state index contributed by atoms with van der Waals surface area (Å²) in [4.78, 5) is 10.8. The lowest BCUT2D eigenvalue weighted by Crippen LogP contribution is -2.35. The summed E-state index contributed by atoms with van der Waals surface area (Å²) in [5.41, 5.74) is 0.287. The SMILES string of the molecule is CC(C)(CNCc1ccoc1)C(=O)O. The van der Waals surface area contributed by atoms with E-state index in [4.69, 9.17) is 9.52 Å². The fourth-order valence-corrected chi connectivity index (χ4v) is 0.988. The molecular weight excluding hydrogens is 182 g/mol. The number of hydrogen-bond donors (Lipinski definition) is 2. The standard InChI is InChI=1S/C10H15NO3/c1-10(2,9(12)13)7-11-5-8-3-4-14-6-8/h3-4,6,11H,5,7H2,1-2H3,(H,12,13). The van der Waals surface area contributed by atoms with Gasteiger partial charge in [-0.3, -0.25) is 4.79 Å². The number of furan rings is 1. The molecule has 0 unspecified atom stereocenters. The van der Waals surface area contributed by atoms with Gasteiger partial charge in [0.05, 0.1) is 17.9 Å². The number of aliphatic carboxylic acids is 1. The first-order valence-electron chi connectivity index (χ1n) is 4.47. The van der Waals surface area contributed by atoms with E-state index in [0.29, 0.717) is 13.1 Å². The molecule has 0 amide bonds. The van der Waals surface area contributed by atoms with Crippen LogP contribution in [0.3, 0.4) is 0 Å². The molecule has 0 spiro atoms. The van der Waals surface area contributed by atoms with Crippen LogP contribution < -0.4 is 5.32 Å². The molecule has 2 N–H and O–H groups in total. The molecule has 0 aliphatic rings. The summed E-state index contributed by atoms with van der Waals surface area (Å²) in [7, 11) is 0. The predicted octanol–water partition coefficient (Wildman–Crippen LogP) is 1.48. The third-order valence-corrected chi connectivity index (χ3v) is 2.06. The molecule has 0 radical (unpaired) electrons. The highest BCUT2D eigenvalue weighted by atomic mass is 16.4. The fourth-order valence-electron chi connectivity index (χ4n) is 0.988. The van der Waals surface area contributed by atoms with E-state index in [9.17, 15) is 4.79 Å². The molecule has 0 aliphatic heterocycles. The van der Waals surface area contributed by atoms with Gasteiger partial charge in [-0.05, 0) is 19.9 Å². The average Bonchev–Trinajstić information content (AvgIpc) is 2.56. The Morgan fingerprint density at radius 1 is 1.64 bits per heavy atom. The molecule has 1 aromatic heterocycles. The second-order valence-corrected chi connectivity index (χ2v) is 3.92. The normalized spacial score (nSPS) is 11.6. The first-order valence-corrected chi connectivity index (χ1v) is 4.47. The van der Waals surface area contributed by atoms with Crippen molar-refractivity contribution in [3.05, 3.63) is 24.2 Å². The maximum atomic E-state index is 10.8. The van der Waals surface area contributed by atoms with Gasteiger partial charge in [-0.1, -0.05) is 0 Å². The quantitative estimate of drug-likeness (QED) is 0.750. The number of carboxylic acids is 1. The minimum absolute atomic E-state index is 0.438. The van der Waals surface area contributed by atoms with Gasteiger partial charge in [-0.15, -0.1) is 0 Å². The molecular formula is C10H15NO3. The molecule has 1 rings (SSSR count). The highest BCUT2D eigenvalue weighted by molar-refractivity contribution is 5.73. The zero-order valence-electron chi connectivity index (χ0n) is 8.41. The van der Waals surface area contributed by atoms with E-state index in [2.05, 4.69) is 5.32 Å². The van der Waals surface area contributed by atoms with E-state index < -0.39 is 11.4 Å². The van der Waals surface area contributed by atoms with Gasteiger partial charge in [0.1, 0.15) is 0 Å². The Morgan fingerprint density at radius 3 is 2.86 bits per heavy atom. The number of carbonyl (C=O) groups is 1. The summed E-state index contributed by atoms with van der Waals surface area (Å²) >= 11 is 0. The summed E-state index contributed by atoms with van der Waals surface area (Å²) in [5, 5.41) is 11.9. The fraction of sp³-hybridized carbons (Fsp3) is 0.500. The Hall–Kier alpha value is -1.29. The van der Waals surface area contributed by atoms with Crippen LogP contribution in [0.25, 0.3) is 0 Å². The van der Waals surface area contributed by atoms with E-state index in [1.807, 2.05) is 6.07 Å². The van der Waals surface area contributed by atoms with E-state index >= 15 is 0 Å². The van der Waals surface area contributed by atoms with Crippen molar-refractivity contribution in [3.8, 4) is 0 Å². The van der Waals surface area contributed by atoms with Gasteiger partial charge in [0.2, 0.25) is 0 Å². The van der Waals surface area contributed by atoms with E-state index in [-0.39, 0.29) is 0 Å². The van der Waals surface area contributed by atoms with Crippen LogP contribution in [0, 0.1) is 5.41 Å². The highest BCUT2D eigenvalue weighted by Gasteiger charge is 2.26. The van der Waals surface area contributed by atoms with Crippen LogP contribution in [0.1, 0.15) is 19.4 Å². The second kappa shape index (κ2) is 4.28. The number of rotatable bonds is 5. The topological polar surface area (TPSA) is 62.5 Å². The smallest absolute Gasteiger partial charge is 0.310 e. The zero-order chi connectivity index (χ0) is 10.6. The van der Waals surface area contributed by atoms with E-state index in [1.165, 1.54) is 0 Å². The Kier molecular flexibility index (Phi) is 3.30. The highest BCUT2D eigenvalue weighted by Crippen LogP contribution is 2.13. The molecule has 4 nitrogen and oxygen atoms in total. The average molecular weight is 197 g/mol. The van der Waals surface area contributed by atoms with Crippen molar-refractivity contribution in [3.63, 3.8) is 0 Å². The lowest BCUT2D eigenvalue weighted by Gasteiger charge is -2.19. The maximum Gasteiger partial charge on any atom is 0.310 e. The van der Waals surface area contributed by atoms with Crippen LogP contribution in [0.15, 0.2) is 23.0 Å². The molecule has 0 fully saturated rings. The third kappa shape index (κ3) is 2.88. The maximum absolute atomic E-state index is 10.8. The Balaban J connectivity index is 2.31. The minimum atomic E-state index is -0.794. The molecule has 1 aromatic rings. The zero-order valence-corrected chi connectivity index (χ0v) is 8.41. The number of nitrogens with one attached hydrogen (secondary N) is 1. The van der Waals surface area contributed by atoms with Crippen molar-refractivity contribution in [2.24, 2.45) is 5.41 Å². The molecule has 0 atom stereocenters. The largest absolute Gasteiger partial charge is 0.481 e. The van der Waals surface area contributed by atoms with Gasteiger partial charge in [-0.2, -0.15) is 0 Å². The van der Waals surface area contributed by atoms with Crippen molar-refractivity contribution in [2.75, 3.05) is 6.54 Å². The van der Waals surface area contributed by atoms with Crippen molar-refractivity contribution < 1.29 is 14.3 Å². The Morgan fingerprint density at radius 2 is 2.36 bits per heavy atom. The first kappa shape index (κ1) is 10.8. The van der Waals surface area contributed by atoms with Crippen LogP contribution in [0.4, 0.5) is 0 Å². The molecule has 0 saturated heterocycles. The van der Waals surface area contributed by atoms with Crippen molar-refractivity contribution in [1.29, 1.82) is 0 Å². The number of hydrogen-bond acceptors (Lipinski definition) is 3.